The van der Waals surface area contributed by atoms with Crippen LogP contribution in [0.3, 0.4) is 0 Å². The number of pyridine rings is 1. The van der Waals surface area contributed by atoms with E-state index in [1.807, 2.05) is 0 Å². The molecule has 2 aromatic rings. The van der Waals surface area contributed by atoms with E-state index in [0.717, 1.165) is 4.31 Å². The Labute approximate surface area is 173 Å². The molecule has 1 aromatic heterocycles. The molecule has 2 aliphatic rings. The number of carbonyl (C=O) groups is 1. The average Bonchev–Trinajstić information content (AvgIpc) is 2.72. The lowest BCUT2D eigenvalue weighted by Gasteiger charge is -2.40. The van der Waals surface area contributed by atoms with E-state index in [9.17, 15) is 13.2 Å². The summed E-state index contributed by atoms with van der Waals surface area (Å²) in [6, 6.07) is 7.93. The molecule has 0 fully saturated rings. The summed E-state index contributed by atoms with van der Waals surface area (Å²) >= 11 is 0. The molecule has 3 heterocycles. The molecule has 4 rings (SSSR count). The minimum Gasteiger partial charge on any atom is -0.493 e. The zero-order valence-corrected chi connectivity index (χ0v) is 16.8. The van der Waals surface area contributed by atoms with Crippen molar-refractivity contribution in [2.75, 3.05) is 24.7 Å². The van der Waals surface area contributed by atoms with Crippen LogP contribution >= 0.6 is 0 Å². The fourth-order valence-corrected chi connectivity index (χ4v) is 4.96. The maximum absolute atomic E-state index is 12.6. The van der Waals surface area contributed by atoms with E-state index < -0.39 is 21.5 Å². The van der Waals surface area contributed by atoms with Gasteiger partial charge in [-0.1, -0.05) is 6.07 Å². The van der Waals surface area contributed by atoms with Crippen LogP contribution in [0.5, 0.6) is 5.75 Å². The van der Waals surface area contributed by atoms with Gasteiger partial charge in [0, 0.05) is 30.9 Å². The summed E-state index contributed by atoms with van der Waals surface area (Å²) < 4.78 is 31.9. The van der Waals surface area contributed by atoms with Gasteiger partial charge in [-0.25, -0.2) is 22.6 Å². The number of nitrogens with one attached hydrogen (secondary N) is 1. The molecule has 11 heteroatoms. The van der Waals surface area contributed by atoms with Crippen LogP contribution in [0, 0.1) is 6.57 Å². The Kier molecular flexibility index (Phi) is 4.58. The van der Waals surface area contributed by atoms with Crippen LogP contribution in [0.15, 0.2) is 41.5 Å². The van der Waals surface area contributed by atoms with Gasteiger partial charge in [0.2, 0.25) is 21.7 Å². The zero-order valence-electron chi connectivity index (χ0n) is 16.0. The van der Waals surface area contributed by atoms with Gasteiger partial charge < -0.3 is 15.8 Å². The van der Waals surface area contributed by atoms with Crippen molar-refractivity contribution in [3.05, 3.63) is 59.2 Å². The first-order valence-electron chi connectivity index (χ1n) is 8.98. The number of aliphatic imine (C=N–C) groups is 1. The second-order valence-electron chi connectivity index (χ2n) is 7.00. The number of guanidine groups is 1. The summed E-state index contributed by atoms with van der Waals surface area (Å²) in [7, 11) is -2.28. The van der Waals surface area contributed by atoms with Crippen molar-refractivity contribution in [2.45, 2.75) is 12.0 Å². The number of hydrogen-bond donors (Lipinski definition) is 2. The van der Waals surface area contributed by atoms with Crippen LogP contribution in [0.1, 0.15) is 22.5 Å². The lowest BCUT2D eigenvalue weighted by Crippen LogP contribution is -2.52. The summed E-state index contributed by atoms with van der Waals surface area (Å²) in [6.07, 6.45) is 1.66. The fraction of sp³-hybridized carbons (Fsp3) is 0.263. The molecule has 0 bridgehead atoms. The van der Waals surface area contributed by atoms with Gasteiger partial charge in [-0.15, -0.1) is 0 Å². The van der Waals surface area contributed by atoms with Gasteiger partial charge in [0.05, 0.1) is 18.9 Å². The molecule has 3 N–H and O–H groups in total. The van der Waals surface area contributed by atoms with E-state index in [-0.39, 0.29) is 17.4 Å². The van der Waals surface area contributed by atoms with E-state index in [4.69, 9.17) is 17.0 Å². The van der Waals surface area contributed by atoms with Gasteiger partial charge in [-0.2, -0.15) is 0 Å². The van der Waals surface area contributed by atoms with Gasteiger partial charge in [0.25, 0.3) is 5.91 Å². The van der Waals surface area contributed by atoms with E-state index in [1.54, 1.807) is 18.2 Å². The molecule has 154 valence electrons. The Balaban J connectivity index is 1.69. The minimum atomic E-state index is -3.65. The van der Waals surface area contributed by atoms with E-state index in [2.05, 4.69) is 20.1 Å². The molecular weight excluding hydrogens is 408 g/mol. The zero-order chi connectivity index (χ0) is 21.5. The number of nitrogens with two attached hydrogens (primary N) is 1. The molecular formula is C19H18N6O4S. The number of rotatable bonds is 2. The maximum Gasteiger partial charge on any atom is 0.274 e. The molecule has 1 atom stereocenters. The molecule has 0 saturated heterocycles. The molecule has 10 nitrogen and oxygen atoms in total. The largest absolute Gasteiger partial charge is 0.493 e. The van der Waals surface area contributed by atoms with Gasteiger partial charge in [-0.05, 0) is 24.3 Å². The Hall–Kier alpha value is -3.65. The van der Waals surface area contributed by atoms with E-state index in [1.165, 1.54) is 25.4 Å². The van der Waals surface area contributed by atoms with Crippen LogP contribution in [0.2, 0.25) is 0 Å². The Morgan fingerprint density at radius 2 is 2.17 bits per heavy atom. The molecule has 1 spiro atoms. The third-order valence-electron chi connectivity index (χ3n) is 5.11. The number of sulfonamides is 1. The van der Waals surface area contributed by atoms with E-state index >= 15 is 0 Å². The number of carbonyl (C=O) groups excluding carboxylic acids is 1. The Morgan fingerprint density at radius 1 is 1.37 bits per heavy atom. The quantitative estimate of drug-likeness (QED) is 0.699. The SMILES string of the molecule is [C-]#[N+]c1ccc(C(=O)Nc2ccc3c(c2)[C@]2(CCO3)CS(=O)(=O)N(C)C(N)=N2)nc1. The number of anilines is 1. The molecule has 0 unspecified atom stereocenters. The van der Waals surface area contributed by atoms with Gasteiger partial charge in [0.1, 0.15) is 17.0 Å². The lowest BCUT2D eigenvalue weighted by molar-refractivity contribution is 0.102. The highest BCUT2D eigenvalue weighted by Crippen LogP contribution is 2.44. The summed E-state index contributed by atoms with van der Waals surface area (Å²) in [5.74, 6) is -0.302. The standard InChI is InChI=1S/C19H18N6O4S/c1-21-13-3-5-15(22-10-13)17(26)23-12-4-6-16-14(9-12)19(7-8-29-16)11-30(27,28)25(2)18(20)24-19/h3-6,9-10H,7-8,11H2,2H3,(H2,20,24)(H,23,26)/t19-/m0/s1. The number of fused-ring (bicyclic) bond motifs is 2. The van der Waals surface area contributed by atoms with Crippen molar-refractivity contribution in [2.24, 2.45) is 10.7 Å². The third-order valence-corrected chi connectivity index (χ3v) is 6.98. The molecule has 1 aromatic carbocycles. The van der Waals surface area contributed by atoms with Gasteiger partial charge in [-0.3, -0.25) is 9.78 Å². The van der Waals surface area contributed by atoms with Crippen LogP contribution in [0.25, 0.3) is 4.85 Å². The molecule has 30 heavy (non-hydrogen) atoms. The van der Waals surface area contributed by atoms with Crippen LogP contribution < -0.4 is 15.8 Å². The van der Waals surface area contributed by atoms with Crippen LogP contribution in [-0.4, -0.2) is 49.0 Å². The highest BCUT2D eigenvalue weighted by atomic mass is 32.2. The van der Waals surface area contributed by atoms with Crippen molar-refractivity contribution >= 4 is 33.3 Å². The number of aromatic nitrogens is 1. The van der Waals surface area contributed by atoms with Crippen molar-refractivity contribution in [1.82, 2.24) is 9.29 Å². The first-order chi connectivity index (χ1) is 14.2. The maximum atomic E-state index is 12.6. The molecule has 0 saturated carbocycles. The summed E-state index contributed by atoms with van der Waals surface area (Å²) in [4.78, 5) is 24.2. The monoisotopic (exact) mass is 426 g/mol. The highest BCUT2D eigenvalue weighted by Gasteiger charge is 2.47. The van der Waals surface area contributed by atoms with E-state index in [0.29, 0.717) is 35.7 Å². The smallest absolute Gasteiger partial charge is 0.274 e. The summed E-state index contributed by atoms with van der Waals surface area (Å²) in [5, 5.41) is 2.73. The van der Waals surface area contributed by atoms with Crippen LogP contribution in [-0.2, 0) is 15.6 Å². The number of benzene rings is 1. The first-order valence-corrected chi connectivity index (χ1v) is 10.6. The molecule has 0 aliphatic carbocycles. The summed E-state index contributed by atoms with van der Waals surface area (Å²) in [6.45, 7) is 7.24. The Bertz CT molecular complexity index is 1200. The lowest BCUT2D eigenvalue weighted by atomic mass is 9.86. The molecule has 1 amide bonds. The number of nitrogens with zero attached hydrogens (tertiary/aromatic N) is 4. The van der Waals surface area contributed by atoms with Gasteiger partial charge in [0.15, 0.2) is 0 Å². The predicted octanol–water partition coefficient (Wildman–Crippen LogP) is 1.45. The average molecular weight is 426 g/mol. The van der Waals surface area contributed by atoms with Crippen LogP contribution in [0.4, 0.5) is 11.4 Å². The molecule has 0 radical (unpaired) electrons. The number of hydrogen-bond acceptors (Lipinski definition) is 7. The fourth-order valence-electron chi connectivity index (χ4n) is 3.47. The van der Waals surface area contributed by atoms with Crippen molar-refractivity contribution < 1.29 is 17.9 Å². The topological polar surface area (TPSA) is 131 Å². The summed E-state index contributed by atoms with van der Waals surface area (Å²) in [5.41, 5.74) is 6.27. The predicted molar refractivity (Wildman–Crippen MR) is 110 cm³/mol. The highest BCUT2D eigenvalue weighted by molar-refractivity contribution is 7.89. The molecule has 2 aliphatic heterocycles. The second-order valence-corrected chi connectivity index (χ2v) is 9.00. The van der Waals surface area contributed by atoms with Crippen molar-refractivity contribution in [3.63, 3.8) is 0 Å². The van der Waals surface area contributed by atoms with Crippen molar-refractivity contribution in [1.29, 1.82) is 0 Å². The number of amides is 1. The Morgan fingerprint density at radius 3 is 2.83 bits per heavy atom. The number of ether oxygens (including phenoxy) is 1. The second kappa shape index (κ2) is 7.00. The minimum absolute atomic E-state index is 0.0902. The first kappa shape index (κ1) is 19.7. The van der Waals surface area contributed by atoms with Gasteiger partial charge >= 0.3 is 0 Å². The normalized spacial score (nSPS) is 21.7. The van der Waals surface area contributed by atoms with Crippen molar-refractivity contribution in [3.8, 4) is 5.75 Å². The third kappa shape index (κ3) is 3.31.